The molecule has 1 heterocycles. The van der Waals surface area contributed by atoms with Crippen molar-refractivity contribution in [2.75, 3.05) is 0 Å². The maximum Gasteiger partial charge on any atom is 0.181 e. The largest absolute Gasteiger partial charge is 0.292 e. The van der Waals surface area contributed by atoms with E-state index in [-0.39, 0.29) is 5.78 Å². The Labute approximate surface area is 85.5 Å². The van der Waals surface area contributed by atoms with Crippen molar-refractivity contribution >= 4 is 21.7 Å². The number of hydrogen-bond donors (Lipinski definition) is 0. The quantitative estimate of drug-likeness (QED) is 0.697. The first-order chi connectivity index (χ1) is 6.18. The lowest BCUT2D eigenvalue weighted by Crippen LogP contribution is -2.14. The number of fused-ring (bicyclic) bond motifs is 1. The average molecular weight is 240 g/mol. The lowest BCUT2D eigenvalue weighted by Gasteiger charge is -2.15. The topological polar surface area (TPSA) is 30.0 Å². The van der Waals surface area contributed by atoms with E-state index in [1.165, 1.54) is 0 Å². The first-order valence-corrected chi connectivity index (χ1v) is 5.17. The van der Waals surface area contributed by atoms with Crippen molar-refractivity contribution in [1.82, 2.24) is 4.98 Å². The second-order valence-electron chi connectivity index (χ2n) is 3.35. The van der Waals surface area contributed by atoms with Crippen molar-refractivity contribution in [1.29, 1.82) is 0 Å². The lowest BCUT2D eigenvalue weighted by molar-refractivity contribution is 0.0967. The van der Waals surface area contributed by atoms with Crippen LogP contribution in [0.3, 0.4) is 0 Å². The number of ketones is 1. The normalized spacial score (nSPS) is 15.7. The third kappa shape index (κ3) is 1.53. The highest BCUT2D eigenvalue weighted by Crippen LogP contribution is 2.27. The molecular formula is C10H10BrNO. The van der Waals surface area contributed by atoms with Gasteiger partial charge in [0, 0.05) is 16.6 Å². The molecule has 0 amide bonds. The highest BCUT2D eigenvalue weighted by atomic mass is 79.9. The number of nitrogens with zero attached hydrogens (tertiary/aromatic N) is 1. The highest BCUT2D eigenvalue weighted by molar-refractivity contribution is 9.10. The third-order valence-corrected chi connectivity index (χ3v) is 3.00. The molecule has 0 aromatic carbocycles. The van der Waals surface area contributed by atoms with E-state index in [0.29, 0.717) is 12.1 Å². The summed E-state index contributed by atoms with van der Waals surface area (Å²) in [4.78, 5) is 15.8. The zero-order chi connectivity index (χ0) is 9.42. The second-order valence-corrected chi connectivity index (χ2v) is 4.20. The van der Waals surface area contributed by atoms with Gasteiger partial charge in [-0.2, -0.15) is 0 Å². The molecule has 0 atom stereocenters. The molecule has 2 rings (SSSR count). The minimum Gasteiger partial charge on any atom is -0.292 e. The Bertz CT molecular complexity index is 373. The predicted octanol–water partition coefficient (Wildman–Crippen LogP) is 2.67. The summed E-state index contributed by atoms with van der Waals surface area (Å²) in [7, 11) is 0. The molecule has 0 saturated carbocycles. The van der Waals surface area contributed by atoms with Crippen LogP contribution in [0.15, 0.2) is 10.5 Å². The van der Waals surface area contributed by atoms with Gasteiger partial charge in [0.2, 0.25) is 0 Å². The Morgan fingerprint density at radius 3 is 3.00 bits per heavy atom. The van der Waals surface area contributed by atoms with Gasteiger partial charge in [-0.05, 0) is 31.4 Å². The van der Waals surface area contributed by atoms with E-state index in [9.17, 15) is 4.79 Å². The molecule has 68 valence electrons. The molecule has 2 nitrogen and oxygen atoms in total. The average Bonchev–Trinajstić information content (AvgIpc) is 2.07. The van der Waals surface area contributed by atoms with Crippen LogP contribution in [0.2, 0.25) is 0 Å². The zero-order valence-electron chi connectivity index (χ0n) is 7.43. The third-order valence-electron chi connectivity index (χ3n) is 2.29. The number of aromatic nitrogens is 1. The molecule has 0 unspecified atom stereocenters. The zero-order valence-corrected chi connectivity index (χ0v) is 9.02. The smallest absolute Gasteiger partial charge is 0.181 e. The Kier molecular flexibility index (Phi) is 2.20. The molecule has 3 heteroatoms. The van der Waals surface area contributed by atoms with Crippen molar-refractivity contribution in [3.63, 3.8) is 0 Å². The van der Waals surface area contributed by atoms with Crippen LogP contribution in [0.5, 0.6) is 0 Å². The standard InChI is InChI=1S/C10H10BrNO/c1-6-5-8(11)7-3-2-4-9(13)10(7)12-6/h5H,2-4H2,1H3. The minimum absolute atomic E-state index is 0.186. The van der Waals surface area contributed by atoms with Crippen LogP contribution < -0.4 is 0 Å². The number of Topliss-reactive ketones (excluding diaryl/α,β-unsaturated/α-hetero) is 1. The van der Waals surface area contributed by atoms with Crippen LogP contribution in [-0.4, -0.2) is 10.8 Å². The van der Waals surface area contributed by atoms with Gasteiger partial charge in [-0.25, -0.2) is 4.98 Å². The summed E-state index contributed by atoms with van der Waals surface area (Å²) >= 11 is 3.47. The Morgan fingerprint density at radius 2 is 2.23 bits per heavy atom. The number of aryl methyl sites for hydroxylation is 1. The number of hydrogen-bond acceptors (Lipinski definition) is 2. The van der Waals surface area contributed by atoms with E-state index in [0.717, 1.165) is 28.6 Å². The van der Waals surface area contributed by atoms with Gasteiger partial charge in [0.05, 0.1) is 0 Å². The van der Waals surface area contributed by atoms with Gasteiger partial charge in [0.15, 0.2) is 5.78 Å². The number of carbonyl (C=O) groups is 1. The SMILES string of the molecule is Cc1cc(Br)c2c(n1)C(=O)CCC2. The molecule has 1 aliphatic carbocycles. The van der Waals surface area contributed by atoms with Gasteiger partial charge < -0.3 is 0 Å². The van der Waals surface area contributed by atoms with Crippen LogP contribution in [0.1, 0.15) is 34.6 Å². The minimum atomic E-state index is 0.186. The molecule has 0 radical (unpaired) electrons. The van der Waals surface area contributed by atoms with E-state index >= 15 is 0 Å². The van der Waals surface area contributed by atoms with Gasteiger partial charge in [-0.1, -0.05) is 15.9 Å². The van der Waals surface area contributed by atoms with Crippen LogP contribution in [-0.2, 0) is 6.42 Å². The molecule has 1 aliphatic rings. The number of rotatable bonds is 0. The first-order valence-electron chi connectivity index (χ1n) is 4.37. The van der Waals surface area contributed by atoms with Crippen LogP contribution in [0, 0.1) is 6.92 Å². The molecule has 0 fully saturated rings. The van der Waals surface area contributed by atoms with Crippen LogP contribution in [0.25, 0.3) is 0 Å². The van der Waals surface area contributed by atoms with Gasteiger partial charge in [-0.3, -0.25) is 4.79 Å². The van der Waals surface area contributed by atoms with Gasteiger partial charge in [-0.15, -0.1) is 0 Å². The molecule has 0 N–H and O–H groups in total. The number of pyridine rings is 1. The molecule has 0 aliphatic heterocycles. The maximum absolute atomic E-state index is 11.5. The molecule has 0 bridgehead atoms. The van der Waals surface area contributed by atoms with Crippen molar-refractivity contribution in [3.8, 4) is 0 Å². The van der Waals surface area contributed by atoms with Crippen molar-refractivity contribution in [2.45, 2.75) is 26.2 Å². The summed E-state index contributed by atoms with van der Waals surface area (Å²) in [6.45, 7) is 1.91. The van der Waals surface area contributed by atoms with E-state index < -0.39 is 0 Å². The summed E-state index contributed by atoms with van der Waals surface area (Å²) in [5.74, 6) is 0.186. The molecule has 0 saturated heterocycles. The highest BCUT2D eigenvalue weighted by Gasteiger charge is 2.20. The summed E-state index contributed by atoms with van der Waals surface area (Å²) in [6, 6.07) is 1.97. The Morgan fingerprint density at radius 1 is 1.46 bits per heavy atom. The molecule has 13 heavy (non-hydrogen) atoms. The van der Waals surface area contributed by atoms with E-state index in [2.05, 4.69) is 20.9 Å². The van der Waals surface area contributed by atoms with Gasteiger partial charge in [0.25, 0.3) is 0 Å². The van der Waals surface area contributed by atoms with E-state index in [4.69, 9.17) is 0 Å². The fourth-order valence-electron chi connectivity index (χ4n) is 1.67. The summed E-state index contributed by atoms with van der Waals surface area (Å²) in [5.41, 5.74) is 2.67. The second kappa shape index (κ2) is 3.22. The number of carbonyl (C=O) groups excluding carboxylic acids is 1. The fourth-order valence-corrected chi connectivity index (χ4v) is 2.39. The fraction of sp³-hybridized carbons (Fsp3) is 0.400. The first kappa shape index (κ1) is 8.88. The van der Waals surface area contributed by atoms with Crippen molar-refractivity contribution < 1.29 is 4.79 Å². The maximum atomic E-state index is 11.5. The predicted molar refractivity (Wildman–Crippen MR) is 53.9 cm³/mol. The summed E-state index contributed by atoms with van der Waals surface area (Å²) < 4.78 is 1.03. The molecule has 1 aromatic heterocycles. The Hall–Kier alpha value is -0.700. The van der Waals surface area contributed by atoms with E-state index in [1.54, 1.807) is 0 Å². The van der Waals surface area contributed by atoms with Crippen molar-refractivity contribution in [2.24, 2.45) is 0 Å². The van der Waals surface area contributed by atoms with E-state index in [1.807, 2.05) is 13.0 Å². The lowest BCUT2D eigenvalue weighted by atomic mass is 9.95. The molecule has 0 spiro atoms. The monoisotopic (exact) mass is 239 g/mol. The summed E-state index contributed by atoms with van der Waals surface area (Å²) in [5, 5.41) is 0. The Balaban J connectivity index is 2.63. The van der Waals surface area contributed by atoms with Crippen molar-refractivity contribution in [3.05, 3.63) is 27.5 Å². The van der Waals surface area contributed by atoms with Crippen LogP contribution in [0.4, 0.5) is 0 Å². The van der Waals surface area contributed by atoms with Crippen LogP contribution >= 0.6 is 15.9 Å². The number of halogens is 1. The molecule has 1 aromatic rings. The summed E-state index contributed by atoms with van der Waals surface area (Å²) in [6.07, 6.45) is 2.57. The van der Waals surface area contributed by atoms with Gasteiger partial charge >= 0.3 is 0 Å². The molecular weight excluding hydrogens is 230 g/mol. The van der Waals surface area contributed by atoms with Gasteiger partial charge in [0.1, 0.15) is 5.69 Å².